The third-order valence-electron chi connectivity index (χ3n) is 4.58. The Morgan fingerprint density at radius 3 is 2.50 bits per heavy atom. The molecule has 0 fully saturated rings. The largest absolute Gasteiger partial charge is 0.352 e. The van der Waals surface area contributed by atoms with Crippen LogP contribution in [0.5, 0.6) is 0 Å². The molecule has 11 heteroatoms. The van der Waals surface area contributed by atoms with E-state index in [1.165, 1.54) is 24.3 Å². The first-order chi connectivity index (χ1) is 15.5. The maximum atomic E-state index is 13.0. The zero-order chi connectivity index (χ0) is 22.7. The Morgan fingerprint density at radius 2 is 1.81 bits per heavy atom. The fourth-order valence-electron chi connectivity index (χ4n) is 2.94. The maximum Gasteiger partial charge on any atom is 0.352 e. The van der Waals surface area contributed by atoms with Gasteiger partial charge >= 0.3 is 17.5 Å². The standard InChI is InChI=1S/C21H17FN6O4/c1-2-27-20(30)16(25-28(21(27)31)15-6-4-3-5-7-15)17-24-19(32-26-17)18(29)23-12-13-8-10-14(22)11-9-13/h3-11H,2,12H2,1H3,(H,23,29). The van der Waals surface area contributed by atoms with Gasteiger partial charge in [0.25, 0.3) is 5.56 Å². The number of carbonyl (C=O) groups excluding carboxylic acids is 1. The molecule has 0 saturated heterocycles. The van der Waals surface area contributed by atoms with E-state index < -0.39 is 17.2 Å². The molecule has 1 N–H and O–H groups in total. The summed E-state index contributed by atoms with van der Waals surface area (Å²) in [5, 5.41) is 10.4. The number of nitrogens with zero attached hydrogens (tertiary/aromatic N) is 5. The van der Waals surface area contributed by atoms with Gasteiger partial charge in [0.05, 0.1) is 5.69 Å². The minimum Gasteiger partial charge on any atom is -0.344 e. The predicted molar refractivity (Wildman–Crippen MR) is 111 cm³/mol. The second kappa shape index (κ2) is 8.76. The highest BCUT2D eigenvalue weighted by Gasteiger charge is 2.22. The topological polar surface area (TPSA) is 125 Å². The summed E-state index contributed by atoms with van der Waals surface area (Å²) in [7, 11) is 0. The summed E-state index contributed by atoms with van der Waals surface area (Å²) in [6, 6.07) is 14.2. The minimum absolute atomic E-state index is 0.100. The van der Waals surface area contributed by atoms with Crippen molar-refractivity contribution in [2.24, 2.45) is 0 Å². The second-order valence-electron chi connectivity index (χ2n) is 6.66. The van der Waals surface area contributed by atoms with Gasteiger partial charge in [0.2, 0.25) is 5.82 Å². The lowest BCUT2D eigenvalue weighted by Gasteiger charge is -2.09. The van der Waals surface area contributed by atoms with Crippen molar-refractivity contribution >= 4 is 5.91 Å². The number of hydrogen-bond acceptors (Lipinski definition) is 7. The van der Waals surface area contributed by atoms with Crippen molar-refractivity contribution in [3.63, 3.8) is 0 Å². The highest BCUT2D eigenvalue weighted by atomic mass is 19.1. The molecule has 2 heterocycles. The van der Waals surface area contributed by atoms with Crippen LogP contribution in [0.15, 0.2) is 68.7 Å². The number of amides is 1. The molecule has 4 rings (SSSR count). The predicted octanol–water partition coefficient (Wildman–Crippen LogP) is 1.53. The molecule has 2 aromatic heterocycles. The van der Waals surface area contributed by atoms with Crippen LogP contribution in [0.1, 0.15) is 23.2 Å². The van der Waals surface area contributed by atoms with Crippen LogP contribution in [-0.4, -0.2) is 30.4 Å². The fourth-order valence-corrected chi connectivity index (χ4v) is 2.94. The van der Waals surface area contributed by atoms with Gasteiger partial charge in [-0.15, -0.1) is 0 Å². The molecule has 0 radical (unpaired) electrons. The Hall–Kier alpha value is -4.41. The van der Waals surface area contributed by atoms with E-state index in [9.17, 15) is 18.8 Å². The summed E-state index contributed by atoms with van der Waals surface area (Å²) in [5.74, 6) is -1.68. The van der Waals surface area contributed by atoms with Crippen molar-refractivity contribution in [3.05, 3.63) is 92.7 Å². The van der Waals surface area contributed by atoms with E-state index in [1.54, 1.807) is 37.3 Å². The fraction of sp³-hybridized carbons (Fsp3) is 0.143. The third kappa shape index (κ3) is 4.08. The lowest BCUT2D eigenvalue weighted by Crippen LogP contribution is -2.41. The zero-order valence-electron chi connectivity index (χ0n) is 16.9. The molecule has 1 amide bonds. The number of carbonyl (C=O) groups is 1. The van der Waals surface area contributed by atoms with Gasteiger partial charge < -0.3 is 9.84 Å². The van der Waals surface area contributed by atoms with Gasteiger partial charge in [0.1, 0.15) is 5.82 Å². The molecule has 0 bridgehead atoms. The summed E-state index contributed by atoms with van der Waals surface area (Å²) in [5.41, 5.74) is -0.447. The van der Waals surface area contributed by atoms with Crippen molar-refractivity contribution in [2.45, 2.75) is 20.0 Å². The number of rotatable bonds is 6. The van der Waals surface area contributed by atoms with Crippen molar-refractivity contribution in [2.75, 3.05) is 0 Å². The third-order valence-corrected chi connectivity index (χ3v) is 4.58. The van der Waals surface area contributed by atoms with Crippen LogP contribution < -0.4 is 16.6 Å². The van der Waals surface area contributed by atoms with Crippen LogP contribution in [0.2, 0.25) is 0 Å². The Balaban J connectivity index is 1.64. The molecule has 2 aromatic carbocycles. The number of aromatic nitrogens is 5. The van der Waals surface area contributed by atoms with E-state index in [0.717, 1.165) is 9.25 Å². The van der Waals surface area contributed by atoms with Gasteiger partial charge in [-0.1, -0.05) is 35.5 Å². The molecule has 4 aromatic rings. The Morgan fingerprint density at radius 1 is 1.09 bits per heavy atom. The van der Waals surface area contributed by atoms with Gasteiger partial charge in [0, 0.05) is 13.1 Å². The average Bonchev–Trinajstić information content (AvgIpc) is 3.30. The summed E-state index contributed by atoms with van der Waals surface area (Å²) in [6.45, 7) is 1.85. The van der Waals surface area contributed by atoms with Crippen molar-refractivity contribution in [1.82, 2.24) is 29.8 Å². The summed E-state index contributed by atoms with van der Waals surface area (Å²) >= 11 is 0. The molecule has 162 valence electrons. The lowest BCUT2D eigenvalue weighted by molar-refractivity contribution is 0.0907. The molecule has 0 aliphatic carbocycles. The first kappa shape index (κ1) is 20.8. The Bertz CT molecular complexity index is 1380. The molecule has 0 aliphatic heterocycles. The van der Waals surface area contributed by atoms with Gasteiger partial charge in [-0.25, -0.2) is 9.18 Å². The Kier molecular flexibility index (Phi) is 5.71. The van der Waals surface area contributed by atoms with Crippen molar-refractivity contribution < 1.29 is 13.7 Å². The van der Waals surface area contributed by atoms with Crippen molar-refractivity contribution in [3.8, 4) is 17.2 Å². The van der Waals surface area contributed by atoms with E-state index in [2.05, 4.69) is 20.6 Å². The Labute approximate surface area is 179 Å². The number of benzene rings is 2. The normalized spacial score (nSPS) is 10.8. The van der Waals surface area contributed by atoms with Crippen LogP contribution in [-0.2, 0) is 13.1 Å². The first-order valence-corrected chi connectivity index (χ1v) is 9.64. The maximum absolute atomic E-state index is 13.0. The molecule has 0 unspecified atom stereocenters. The molecule has 0 aliphatic rings. The zero-order valence-corrected chi connectivity index (χ0v) is 16.9. The number of para-hydroxylation sites is 1. The van der Waals surface area contributed by atoms with Gasteiger partial charge in [-0.05, 0) is 36.8 Å². The lowest BCUT2D eigenvalue weighted by atomic mass is 10.2. The van der Waals surface area contributed by atoms with Crippen LogP contribution in [0, 0.1) is 5.82 Å². The summed E-state index contributed by atoms with van der Waals surface area (Å²) in [4.78, 5) is 41.7. The molecule has 0 spiro atoms. The number of halogens is 1. The smallest absolute Gasteiger partial charge is 0.344 e. The molecule has 32 heavy (non-hydrogen) atoms. The minimum atomic E-state index is -0.705. The highest BCUT2D eigenvalue weighted by molar-refractivity contribution is 5.89. The first-order valence-electron chi connectivity index (χ1n) is 9.64. The molecule has 10 nitrogen and oxygen atoms in total. The SMILES string of the molecule is CCn1c(=O)c(-c2noc(C(=O)NCc3ccc(F)cc3)n2)nn(-c2ccccc2)c1=O. The van der Waals surface area contributed by atoms with E-state index >= 15 is 0 Å². The number of hydrogen-bond donors (Lipinski definition) is 1. The molecule has 0 saturated carbocycles. The summed E-state index contributed by atoms with van der Waals surface area (Å²) < 4.78 is 20.0. The monoisotopic (exact) mass is 436 g/mol. The van der Waals surface area contributed by atoms with E-state index in [-0.39, 0.29) is 36.3 Å². The van der Waals surface area contributed by atoms with E-state index in [1.807, 2.05) is 0 Å². The van der Waals surface area contributed by atoms with Gasteiger partial charge in [-0.3, -0.25) is 14.2 Å². The van der Waals surface area contributed by atoms with Crippen molar-refractivity contribution in [1.29, 1.82) is 0 Å². The van der Waals surface area contributed by atoms with Crippen LogP contribution >= 0.6 is 0 Å². The summed E-state index contributed by atoms with van der Waals surface area (Å²) in [6.07, 6.45) is 0. The molecular formula is C21H17FN6O4. The van der Waals surface area contributed by atoms with Gasteiger partial charge in [-0.2, -0.15) is 14.8 Å². The van der Waals surface area contributed by atoms with Crippen LogP contribution in [0.4, 0.5) is 4.39 Å². The molecular weight excluding hydrogens is 419 g/mol. The van der Waals surface area contributed by atoms with E-state index in [4.69, 9.17) is 4.52 Å². The second-order valence-corrected chi connectivity index (χ2v) is 6.66. The molecule has 0 atom stereocenters. The van der Waals surface area contributed by atoms with Crippen LogP contribution in [0.25, 0.3) is 17.2 Å². The van der Waals surface area contributed by atoms with E-state index in [0.29, 0.717) is 11.3 Å². The quantitative estimate of drug-likeness (QED) is 0.486. The number of nitrogens with one attached hydrogen (secondary N) is 1. The average molecular weight is 436 g/mol. The van der Waals surface area contributed by atoms with Gasteiger partial charge in [0.15, 0.2) is 5.69 Å². The highest BCUT2D eigenvalue weighted by Crippen LogP contribution is 2.10. The van der Waals surface area contributed by atoms with Crippen LogP contribution in [0.3, 0.4) is 0 Å².